The second kappa shape index (κ2) is 9.08. The molecule has 2 amide bonds. The molecule has 0 saturated carbocycles. The van der Waals surface area contributed by atoms with E-state index in [1.54, 1.807) is 0 Å². The first-order chi connectivity index (χ1) is 13.1. The van der Waals surface area contributed by atoms with Crippen LogP contribution >= 0.6 is 22.6 Å². The summed E-state index contributed by atoms with van der Waals surface area (Å²) in [5.41, 5.74) is 4.06. The number of hydrazone groups is 2. The number of carbonyl (C=O) groups excluding carboxylic acids is 1. The number of hydrogen-bond acceptors (Lipinski definition) is 3. The Morgan fingerprint density at radius 1 is 0.786 bits per heavy atom. The molecule has 0 bridgehead atoms. The zero-order valence-corrected chi connectivity index (χ0v) is 16.0. The lowest BCUT2D eigenvalue weighted by molar-refractivity contribution is -0.137. The third-order valence-corrected chi connectivity index (χ3v) is 3.86. The van der Waals surface area contributed by atoms with Crippen LogP contribution in [0.5, 0.6) is 0 Å². The Kier molecular flexibility index (Phi) is 7.05. The molecule has 0 aliphatic carbocycles. The fourth-order valence-electron chi connectivity index (χ4n) is 1.87. The van der Waals surface area contributed by atoms with Crippen LogP contribution in [0.25, 0.3) is 0 Å². The molecule has 0 aromatic heterocycles. The monoisotopic (exact) mass is 510 g/mol. The minimum absolute atomic E-state index is 0.159. The molecule has 2 rings (SSSR count). The summed E-state index contributed by atoms with van der Waals surface area (Å²) in [6.45, 7) is 0. The first-order valence-electron chi connectivity index (χ1n) is 7.52. The van der Waals surface area contributed by atoms with Crippen molar-refractivity contribution in [1.29, 1.82) is 0 Å². The smallest absolute Gasteiger partial charge is 0.245 e. The van der Waals surface area contributed by atoms with Gasteiger partial charge in [0.15, 0.2) is 0 Å². The van der Waals surface area contributed by atoms with Crippen molar-refractivity contribution in [2.45, 2.75) is 10.1 Å². The molecule has 2 N–H and O–H groups in total. The van der Waals surface area contributed by atoms with Gasteiger partial charge in [0.1, 0.15) is 0 Å². The molecule has 0 aliphatic heterocycles. The van der Waals surface area contributed by atoms with E-state index in [2.05, 4.69) is 21.1 Å². The summed E-state index contributed by atoms with van der Waals surface area (Å²) >= 11 is 1.02. The third kappa shape index (κ3) is 6.87. The van der Waals surface area contributed by atoms with Crippen molar-refractivity contribution < 1.29 is 26.7 Å². The van der Waals surface area contributed by atoms with Crippen molar-refractivity contribution in [3.8, 4) is 0 Å². The Balaban J connectivity index is 1.82. The number of alkyl halides is 6. The van der Waals surface area contributed by atoms with Crippen LogP contribution in [0, 0.1) is 0 Å². The molecule has 2 aromatic rings. The van der Waals surface area contributed by atoms with E-state index in [9.17, 15) is 26.7 Å². The average Bonchev–Trinajstić information content (AvgIpc) is 2.61. The topological polar surface area (TPSA) is 65.8 Å². The predicted octanol–water partition coefficient (Wildman–Crippen LogP) is 4.86. The first-order valence-corrected chi connectivity index (χ1v) is 8.60. The van der Waals surface area contributed by atoms with Crippen LogP contribution < -0.4 is 10.9 Å². The van der Waals surface area contributed by atoms with Crippen molar-refractivity contribution in [1.82, 2.24) is 10.9 Å². The fraction of sp³-hybridized carbons (Fsp3) is 0.118. The van der Waals surface area contributed by atoms with Gasteiger partial charge in [-0.15, -0.1) is 0 Å². The van der Waals surface area contributed by atoms with E-state index >= 15 is 0 Å². The molecule has 0 fully saturated rings. The molecule has 0 spiro atoms. The highest BCUT2D eigenvalue weighted by atomic mass is 127. The second-order valence-electron chi connectivity index (χ2n) is 5.31. The van der Waals surface area contributed by atoms with Gasteiger partial charge in [-0.3, -0.25) is 0 Å². The normalized spacial score (nSPS) is 12.5. The molecule has 28 heavy (non-hydrogen) atoms. The van der Waals surface area contributed by atoms with Gasteiger partial charge in [0.2, 0.25) is 0 Å². The zero-order valence-electron chi connectivity index (χ0n) is 13.8. The third-order valence-electron chi connectivity index (χ3n) is 3.24. The Bertz CT molecular complexity index is 788. The molecular formula is C17H12F5IN4O. The molecule has 0 saturated heterocycles. The van der Waals surface area contributed by atoms with Gasteiger partial charge in [-0.1, -0.05) is 36.4 Å². The number of benzene rings is 2. The van der Waals surface area contributed by atoms with E-state index in [0.29, 0.717) is 11.1 Å². The molecule has 148 valence electrons. The second-order valence-corrected chi connectivity index (χ2v) is 6.66. The van der Waals surface area contributed by atoms with Gasteiger partial charge in [-0.05, 0) is 23.3 Å². The van der Waals surface area contributed by atoms with E-state index in [0.717, 1.165) is 40.9 Å². The summed E-state index contributed by atoms with van der Waals surface area (Å²) in [5, 5.41) is 7.19. The Labute approximate surface area is 169 Å². The van der Waals surface area contributed by atoms with Gasteiger partial charge in [0.05, 0.1) is 18.0 Å². The van der Waals surface area contributed by atoms with Gasteiger partial charge >= 0.3 is 16.1 Å². The number of amides is 2. The van der Waals surface area contributed by atoms with Gasteiger partial charge in [-0.25, -0.2) is 15.6 Å². The van der Waals surface area contributed by atoms with Gasteiger partial charge < -0.3 is 0 Å². The Hall–Kier alpha value is -2.57. The van der Waals surface area contributed by atoms with E-state index < -0.39 is 21.7 Å². The maximum Gasteiger partial charge on any atom is 0.416 e. The highest BCUT2D eigenvalue weighted by molar-refractivity contribution is 14.1. The molecule has 0 atom stereocenters. The van der Waals surface area contributed by atoms with Crippen LogP contribution in [0.3, 0.4) is 0 Å². The summed E-state index contributed by atoms with van der Waals surface area (Å²) in [6.07, 6.45) is -2.02. The van der Waals surface area contributed by atoms with Crippen LogP contribution in [0.15, 0.2) is 58.7 Å². The molecule has 0 unspecified atom stereocenters. The van der Waals surface area contributed by atoms with Crippen molar-refractivity contribution in [3.63, 3.8) is 0 Å². The number of carbonyl (C=O) groups is 1. The predicted molar refractivity (Wildman–Crippen MR) is 103 cm³/mol. The van der Waals surface area contributed by atoms with Crippen LogP contribution in [0.2, 0.25) is 0 Å². The number of hydrogen-bond donors (Lipinski definition) is 2. The highest BCUT2D eigenvalue weighted by Crippen LogP contribution is 2.34. The van der Waals surface area contributed by atoms with Gasteiger partial charge in [0.25, 0.3) is 0 Å². The maximum atomic E-state index is 13.1. The van der Waals surface area contributed by atoms with Crippen molar-refractivity contribution in [2.24, 2.45) is 10.2 Å². The lowest BCUT2D eigenvalue weighted by atomic mass is 10.1. The molecule has 0 aliphatic rings. The van der Waals surface area contributed by atoms with E-state index in [-0.39, 0.29) is 5.56 Å². The standard InChI is InChI=1S/C17H12F5IN4O/c18-16(19,20)13-5-1-11(2-6-13)9-24-26-15(28)27-25-10-12-3-7-14(8-4-12)17(21,22)23/h1-10H,(H2,26,27,28)/b24-9+,25-10+. The van der Waals surface area contributed by atoms with Crippen LogP contribution in [0.1, 0.15) is 22.3 Å². The van der Waals surface area contributed by atoms with Crippen molar-refractivity contribution in [3.05, 3.63) is 70.8 Å². The Morgan fingerprint density at radius 2 is 1.18 bits per heavy atom. The highest BCUT2D eigenvalue weighted by Gasteiger charge is 2.29. The molecule has 2 aromatic carbocycles. The summed E-state index contributed by atoms with van der Waals surface area (Å²) in [7, 11) is 0. The minimum Gasteiger partial charge on any atom is -0.245 e. The number of nitrogens with zero attached hydrogens (tertiary/aromatic N) is 2. The summed E-state index contributed by atoms with van der Waals surface area (Å²) < 4.78 is 60.5. The lowest BCUT2D eigenvalue weighted by Gasteiger charge is -2.07. The summed E-state index contributed by atoms with van der Waals surface area (Å²) in [5.74, 6) is 0. The van der Waals surface area contributed by atoms with E-state index in [4.69, 9.17) is 0 Å². The van der Waals surface area contributed by atoms with Crippen molar-refractivity contribution in [2.75, 3.05) is 0 Å². The van der Waals surface area contributed by atoms with E-state index in [1.165, 1.54) is 42.6 Å². The number of nitrogens with one attached hydrogen (secondary N) is 2. The SMILES string of the molecule is O=C(N/N=C/c1ccc(C(F)(F)F)cc1)N/N=C/c1ccc(C(F)(F)I)cc1. The fourth-order valence-corrected chi connectivity index (χ4v) is 2.23. The van der Waals surface area contributed by atoms with E-state index in [1.807, 2.05) is 0 Å². The molecule has 11 heteroatoms. The van der Waals surface area contributed by atoms with Gasteiger partial charge in [-0.2, -0.15) is 32.2 Å². The average molecular weight is 510 g/mol. The number of halogens is 6. The summed E-state index contributed by atoms with van der Waals surface area (Å²) in [6, 6.07) is 8.69. The van der Waals surface area contributed by atoms with Crippen molar-refractivity contribution >= 4 is 41.1 Å². The summed E-state index contributed by atoms with van der Waals surface area (Å²) in [4.78, 5) is 11.5. The first kappa shape index (κ1) is 21.7. The largest absolute Gasteiger partial charge is 0.416 e. The van der Waals surface area contributed by atoms with Crippen LogP contribution in [0.4, 0.5) is 26.7 Å². The quantitative estimate of drug-likeness (QED) is 0.195. The maximum absolute atomic E-state index is 13.1. The van der Waals surface area contributed by atoms with Crippen LogP contribution in [-0.2, 0) is 10.1 Å². The molecule has 0 radical (unpaired) electrons. The molecular weight excluding hydrogens is 498 g/mol. The zero-order chi connectivity index (χ0) is 20.8. The molecule has 5 nitrogen and oxygen atoms in total. The number of rotatable bonds is 5. The lowest BCUT2D eigenvalue weighted by Crippen LogP contribution is -2.28. The van der Waals surface area contributed by atoms with Crippen LogP contribution in [-0.4, -0.2) is 18.5 Å². The number of urea groups is 1. The van der Waals surface area contributed by atoms with Gasteiger partial charge in [0, 0.05) is 28.2 Å². The Morgan fingerprint density at radius 3 is 1.54 bits per heavy atom. The molecule has 0 heterocycles. The minimum atomic E-state index is -4.43.